The SMILES string of the molecule is Nc1c(S(=O)(=O)O)cc2c3c(cc(S(=O)(=O)O)cc13)C(=O)N(Cc1ccc(I)cc1)C2=O. The van der Waals surface area contributed by atoms with Crippen LogP contribution < -0.4 is 5.73 Å². The Morgan fingerprint density at radius 2 is 1.44 bits per heavy atom. The average molecular weight is 588 g/mol. The molecule has 166 valence electrons. The third kappa shape index (κ3) is 3.75. The molecule has 0 unspecified atom stereocenters. The Bertz CT molecular complexity index is 1530. The minimum atomic E-state index is -4.91. The van der Waals surface area contributed by atoms with Gasteiger partial charge in [0, 0.05) is 14.3 Å². The molecule has 0 fully saturated rings. The summed E-state index contributed by atoms with van der Waals surface area (Å²) in [4.78, 5) is 25.6. The van der Waals surface area contributed by atoms with Crippen molar-refractivity contribution in [2.45, 2.75) is 16.3 Å². The van der Waals surface area contributed by atoms with Gasteiger partial charge < -0.3 is 5.73 Å². The molecule has 2 amide bonds. The fourth-order valence-electron chi connectivity index (χ4n) is 3.53. The third-order valence-electron chi connectivity index (χ3n) is 4.99. The lowest BCUT2D eigenvalue weighted by Gasteiger charge is -2.28. The zero-order valence-corrected chi connectivity index (χ0v) is 19.6. The largest absolute Gasteiger partial charge is 0.397 e. The van der Waals surface area contributed by atoms with Crippen molar-refractivity contribution >= 4 is 71.1 Å². The summed E-state index contributed by atoms with van der Waals surface area (Å²) >= 11 is 2.08. The molecular formula is C19H13IN2O8S2. The molecule has 32 heavy (non-hydrogen) atoms. The predicted octanol–water partition coefficient (Wildman–Crippen LogP) is 2.32. The molecule has 13 heteroatoms. The molecule has 1 aliphatic rings. The molecule has 1 heterocycles. The Labute approximate surface area is 195 Å². The summed E-state index contributed by atoms with van der Waals surface area (Å²) in [6.45, 7) is -0.183. The number of nitrogen functional groups attached to an aromatic ring is 1. The van der Waals surface area contributed by atoms with Crippen molar-refractivity contribution < 1.29 is 35.5 Å². The van der Waals surface area contributed by atoms with E-state index < -0.39 is 47.5 Å². The van der Waals surface area contributed by atoms with Gasteiger partial charge in [0.25, 0.3) is 32.1 Å². The number of imide groups is 1. The Morgan fingerprint density at radius 1 is 0.875 bits per heavy atom. The van der Waals surface area contributed by atoms with E-state index in [2.05, 4.69) is 22.6 Å². The lowest BCUT2D eigenvalue weighted by atomic mass is 9.92. The molecule has 4 N–H and O–H groups in total. The summed E-state index contributed by atoms with van der Waals surface area (Å²) in [5, 5.41) is -0.355. The number of rotatable bonds is 4. The maximum Gasteiger partial charge on any atom is 0.296 e. The summed E-state index contributed by atoms with van der Waals surface area (Å²) < 4.78 is 67.2. The number of amides is 2. The van der Waals surface area contributed by atoms with E-state index in [1.807, 2.05) is 0 Å². The summed E-state index contributed by atoms with van der Waals surface area (Å²) in [6.07, 6.45) is 0. The van der Waals surface area contributed by atoms with Gasteiger partial charge in [-0.25, -0.2) is 0 Å². The van der Waals surface area contributed by atoms with E-state index in [-0.39, 0.29) is 28.4 Å². The highest BCUT2D eigenvalue weighted by molar-refractivity contribution is 14.1. The van der Waals surface area contributed by atoms with Crippen molar-refractivity contribution in [3.63, 3.8) is 0 Å². The quantitative estimate of drug-likeness (QED) is 0.179. The second-order valence-corrected chi connectivity index (χ2v) is 11.1. The van der Waals surface area contributed by atoms with Crippen molar-refractivity contribution in [3.05, 3.63) is 62.7 Å². The molecule has 0 spiro atoms. The molecule has 0 saturated heterocycles. The maximum absolute atomic E-state index is 13.2. The number of carbonyl (C=O) groups excluding carboxylic acids is 2. The van der Waals surface area contributed by atoms with E-state index in [0.29, 0.717) is 5.56 Å². The topological polar surface area (TPSA) is 172 Å². The molecule has 0 atom stereocenters. The van der Waals surface area contributed by atoms with Crippen LogP contribution in [-0.4, -0.2) is 42.7 Å². The fraction of sp³-hybridized carbons (Fsp3) is 0.0526. The van der Waals surface area contributed by atoms with Crippen LogP contribution in [0.15, 0.2) is 52.3 Å². The van der Waals surface area contributed by atoms with Crippen LogP contribution in [0.1, 0.15) is 26.3 Å². The average Bonchev–Trinajstić information content (AvgIpc) is 2.69. The fourth-order valence-corrected chi connectivity index (χ4v) is 5.08. The molecule has 0 saturated carbocycles. The predicted molar refractivity (Wildman–Crippen MR) is 121 cm³/mol. The van der Waals surface area contributed by atoms with Gasteiger partial charge in [-0.3, -0.25) is 23.6 Å². The third-order valence-corrected chi connectivity index (χ3v) is 7.44. The number of anilines is 1. The van der Waals surface area contributed by atoms with E-state index in [1.54, 1.807) is 24.3 Å². The van der Waals surface area contributed by atoms with Crippen molar-refractivity contribution in [1.29, 1.82) is 0 Å². The van der Waals surface area contributed by atoms with E-state index >= 15 is 0 Å². The number of hydrogen-bond acceptors (Lipinski definition) is 7. The summed E-state index contributed by atoms with van der Waals surface area (Å²) in [5.41, 5.74) is 5.35. The standard InChI is InChI=1S/C19H13IN2O8S2/c20-10-3-1-9(2-4-10)8-22-18(23)13-6-11(31(25,26)27)5-12-16(13)14(19(22)24)7-15(17(12)21)32(28,29)30/h1-7H,8,21H2,(H,25,26,27)(H,28,29,30). The zero-order chi connectivity index (χ0) is 23.6. The molecule has 1 aliphatic heterocycles. The first kappa shape index (κ1) is 22.6. The van der Waals surface area contributed by atoms with Gasteiger partial charge >= 0.3 is 0 Å². The van der Waals surface area contributed by atoms with Gasteiger partial charge in [-0.05, 0) is 58.5 Å². The number of benzene rings is 3. The Balaban J connectivity index is 2.04. The summed E-state index contributed by atoms with van der Waals surface area (Å²) in [5.74, 6) is -1.70. The van der Waals surface area contributed by atoms with Gasteiger partial charge in [-0.15, -0.1) is 0 Å². The monoisotopic (exact) mass is 588 g/mol. The van der Waals surface area contributed by atoms with Crippen molar-refractivity contribution in [2.24, 2.45) is 0 Å². The van der Waals surface area contributed by atoms with Crippen LogP contribution >= 0.6 is 22.6 Å². The van der Waals surface area contributed by atoms with Crippen LogP contribution in [0.3, 0.4) is 0 Å². The van der Waals surface area contributed by atoms with Crippen LogP contribution in [0, 0.1) is 3.57 Å². The van der Waals surface area contributed by atoms with Crippen molar-refractivity contribution in [2.75, 3.05) is 5.73 Å². The normalized spacial score (nSPS) is 14.3. The van der Waals surface area contributed by atoms with Gasteiger partial charge in [0.2, 0.25) is 0 Å². The minimum Gasteiger partial charge on any atom is -0.397 e. The first-order chi connectivity index (χ1) is 14.8. The number of hydrogen-bond donors (Lipinski definition) is 3. The van der Waals surface area contributed by atoms with Crippen molar-refractivity contribution in [1.82, 2.24) is 4.90 Å². The van der Waals surface area contributed by atoms with Crippen LogP contribution in [-0.2, 0) is 26.8 Å². The first-order valence-electron chi connectivity index (χ1n) is 8.75. The highest BCUT2D eigenvalue weighted by Gasteiger charge is 2.36. The van der Waals surface area contributed by atoms with Gasteiger partial charge in [0.15, 0.2) is 0 Å². The summed E-state index contributed by atoms with van der Waals surface area (Å²) in [7, 11) is -9.73. The molecule has 0 aromatic heterocycles. The van der Waals surface area contributed by atoms with E-state index in [9.17, 15) is 35.5 Å². The number of nitrogens with two attached hydrogens (primary N) is 1. The molecule has 0 aliphatic carbocycles. The number of halogens is 1. The summed E-state index contributed by atoms with van der Waals surface area (Å²) in [6, 6.07) is 9.48. The van der Waals surface area contributed by atoms with Crippen molar-refractivity contribution in [3.8, 4) is 0 Å². The van der Waals surface area contributed by atoms with Gasteiger partial charge in [0.1, 0.15) is 4.90 Å². The van der Waals surface area contributed by atoms with Gasteiger partial charge in [-0.1, -0.05) is 12.1 Å². The van der Waals surface area contributed by atoms with Crippen LogP contribution in [0.4, 0.5) is 5.69 Å². The highest BCUT2D eigenvalue weighted by Crippen LogP contribution is 2.39. The Hall–Kier alpha value is -2.59. The van der Waals surface area contributed by atoms with Gasteiger partial charge in [0.05, 0.1) is 28.3 Å². The number of carbonyl (C=O) groups is 2. The van der Waals surface area contributed by atoms with Crippen LogP contribution in [0.25, 0.3) is 10.8 Å². The highest BCUT2D eigenvalue weighted by atomic mass is 127. The zero-order valence-electron chi connectivity index (χ0n) is 15.8. The van der Waals surface area contributed by atoms with E-state index in [1.165, 1.54) is 0 Å². The molecule has 3 aromatic rings. The molecule has 0 radical (unpaired) electrons. The van der Waals surface area contributed by atoms with Gasteiger partial charge in [-0.2, -0.15) is 16.8 Å². The van der Waals surface area contributed by atoms with E-state index in [4.69, 9.17) is 5.73 Å². The molecule has 3 aromatic carbocycles. The Kier molecular flexibility index (Phi) is 5.28. The molecule has 4 rings (SSSR count). The smallest absolute Gasteiger partial charge is 0.296 e. The maximum atomic E-state index is 13.2. The minimum absolute atomic E-state index is 0.0730. The second-order valence-electron chi connectivity index (χ2n) is 7.00. The van der Waals surface area contributed by atoms with E-state index in [0.717, 1.165) is 26.7 Å². The Morgan fingerprint density at radius 3 is 1.97 bits per heavy atom. The second kappa shape index (κ2) is 7.48. The van der Waals surface area contributed by atoms with Crippen LogP contribution in [0.5, 0.6) is 0 Å². The number of nitrogens with zero attached hydrogens (tertiary/aromatic N) is 1. The molecular weight excluding hydrogens is 575 g/mol. The lowest BCUT2D eigenvalue weighted by molar-refractivity contribution is 0.0598. The molecule has 0 bridgehead atoms. The molecule has 10 nitrogen and oxygen atoms in total. The van der Waals surface area contributed by atoms with Crippen LogP contribution in [0.2, 0.25) is 0 Å². The lowest BCUT2D eigenvalue weighted by Crippen LogP contribution is -2.40. The first-order valence-corrected chi connectivity index (χ1v) is 12.7.